The van der Waals surface area contributed by atoms with E-state index in [0.717, 1.165) is 43.9 Å². The van der Waals surface area contributed by atoms with Crippen LogP contribution < -0.4 is 20.8 Å². The van der Waals surface area contributed by atoms with Crippen molar-refractivity contribution >= 4 is 16.6 Å². The van der Waals surface area contributed by atoms with Gasteiger partial charge in [-0.25, -0.2) is 0 Å². The number of hydrogen-bond donors (Lipinski definition) is 2. The molecule has 0 aliphatic carbocycles. The first-order chi connectivity index (χ1) is 14.4. The second-order valence-electron chi connectivity index (χ2n) is 8.01. The van der Waals surface area contributed by atoms with Crippen molar-refractivity contribution in [1.82, 2.24) is 4.98 Å². The first-order valence-corrected chi connectivity index (χ1v) is 10.9. The van der Waals surface area contributed by atoms with Gasteiger partial charge >= 0.3 is 0 Å². The zero-order chi connectivity index (χ0) is 21.9. The largest absolute Gasteiger partial charge is 0.485 e. The minimum Gasteiger partial charge on any atom is -0.485 e. The summed E-state index contributed by atoms with van der Waals surface area (Å²) >= 11 is 0. The average Bonchev–Trinajstić information content (AvgIpc) is 2.68. The molecule has 0 unspecified atom stereocenters. The summed E-state index contributed by atoms with van der Waals surface area (Å²) in [6.07, 6.45) is 10.6. The van der Waals surface area contributed by atoms with Crippen molar-refractivity contribution in [2.45, 2.75) is 66.2 Å². The van der Waals surface area contributed by atoms with E-state index in [1.165, 1.54) is 11.1 Å². The lowest BCUT2D eigenvalue weighted by molar-refractivity contribution is 0.274. The van der Waals surface area contributed by atoms with Crippen LogP contribution >= 0.6 is 0 Å². The number of allylic oxidation sites excluding steroid dienone is 3. The first kappa shape index (κ1) is 23.6. The molecule has 0 aliphatic rings. The maximum atomic E-state index is 12.7. The number of nitrogens with two attached hydrogens (primary N) is 1. The van der Waals surface area contributed by atoms with Crippen LogP contribution in [0.5, 0.6) is 11.5 Å². The van der Waals surface area contributed by atoms with Crippen LogP contribution in [-0.2, 0) is 0 Å². The van der Waals surface area contributed by atoms with Gasteiger partial charge in [-0.05, 0) is 64.3 Å². The Morgan fingerprint density at radius 2 is 1.87 bits per heavy atom. The molecule has 164 valence electrons. The lowest BCUT2D eigenvalue weighted by Gasteiger charge is -2.14. The van der Waals surface area contributed by atoms with E-state index in [-0.39, 0.29) is 11.3 Å². The van der Waals surface area contributed by atoms with Gasteiger partial charge in [-0.3, -0.25) is 4.79 Å². The molecule has 1 aromatic heterocycles. The van der Waals surface area contributed by atoms with Crippen molar-refractivity contribution in [2.75, 3.05) is 18.9 Å². The Morgan fingerprint density at radius 1 is 1.07 bits per heavy atom. The minimum absolute atomic E-state index is 0.249. The van der Waals surface area contributed by atoms with E-state index in [0.29, 0.717) is 30.2 Å². The van der Waals surface area contributed by atoms with Crippen LogP contribution in [0.2, 0.25) is 0 Å². The molecule has 0 amide bonds. The highest BCUT2D eigenvalue weighted by Gasteiger charge is 2.16. The van der Waals surface area contributed by atoms with Gasteiger partial charge < -0.3 is 20.2 Å². The Balaban J connectivity index is 2.20. The maximum Gasteiger partial charge on any atom is 0.294 e. The van der Waals surface area contributed by atoms with Crippen molar-refractivity contribution < 1.29 is 9.47 Å². The van der Waals surface area contributed by atoms with Crippen LogP contribution in [0.3, 0.4) is 0 Å². The van der Waals surface area contributed by atoms with Gasteiger partial charge in [-0.2, -0.15) is 0 Å². The lowest BCUT2D eigenvalue weighted by Crippen LogP contribution is -2.15. The summed E-state index contributed by atoms with van der Waals surface area (Å²) in [6, 6.07) is 5.42. The summed E-state index contributed by atoms with van der Waals surface area (Å²) < 4.78 is 11.9. The Labute approximate surface area is 180 Å². The molecule has 30 heavy (non-hydrogen) atoms. The number of fused-ring (bicyclic) bond motifs is 1. The van der Waals surface area contributed by atoms with Crippen LogP contribution in [0.1, 0.15) is 66.2 Å². The molecule has 0 aliphatic heterocycles. The van der Waals surface area contributed by atoms with E-state index < -0.39 is 0 Å². The number of hydrogen-bond acceptors (Lipinski definition) is 4. The Bertz CT molecular complexity index is 937. The van der Waals surface area contributed by atoms with Gasteiger partial charge in [-0.1, -0.05) is 43.4 Å². The lowest BCUT2D eigenvalue weighted by atomic mass is 10.1. The number of nitrogens with one attached hydrogen (secondary N) is 1. The molecule has 0 fully saturated rings. The molecule has 2 rings (SSSR count). The highest BCUT2D eigenvalue weighted by molar-refractivity contribution is 5.89. The standard InChI is InChI=1S/C25H36N2O3/c1-5-6-7-8-15-29-24-23(30-16-14-19(4)11-9-10-18(2)3)21-13-12-20(26)17-22(21)27-25(24)28/h10,12-14,17H,5-9,11,15-16,26H2,1-4H3,(H,27,28). The SMILES string of the molecule is CCCCCCOc1c(OCC=C(C)CCC=C(C)C)c2ccc(N)cc2[nH]c1=O. The number of anilines is 1. The van der Waals surface area contributed by atoms with Crippen molar-refractivity contribution in [2.24, 2.45) is 0 Å². The second kappa shape index (κ2) is 12.1. The third-order valence-corrected chi connectivity index (χ3v) is 4.94. The predicted molar refractivity (Wildman–Crippen MR) is 127 cm³/mol. The summed E-state index contributed by atoms with van der Waals surface area (Å²) in [6.45, 7) is 9.37. The molecule has 0 spiro atoms. The van der Waals surface area contributed by atoms with Gasteiger partial charge in [0.1, 0.15) is 6.61 Å². The van der Waals surface area contributed by atoms with Gasteiger partial charge in [0.05, 0.1) is 12.1 Å². The van der Waals surface area contributed by atoms with Gasteiger partial charge in [0.15, 0.2) is 5.75 Å². The van der Waals surface area contributed by atoms with Crippen molar-refractivity contribution in [3.8, 4) is 11.5 Å². The molecule has 0 radical (unpaired) electrons. The molecule has 3 N–H and O–H groups in total. The zero-order valence-corrected chi connectivity index (χ0v) is 18.8. The fourth-order valence-corrected chi connectivity index (χ4v) is 3.20. The number of benzene rings is 1. The van der Waals surface area contributed by atoms with Crippen LogP contribution in [0, 0.1) is 0 Å². The molecule has 1 heterocycles. The molecular formula is C25H36N2O3. The third kappa shape index (κ3) is 7.29. The zero-order valence-electron chi connectivity index (χ0n) is 18.8. The van der Waals surface area contributed by atoms with Gasteiger partial charge in [0, 0.05) is 11.1 Å². The van der Waals surface area contributed by atoms with Crippen LogP contribution in [0.15, 0.2) is 46.3 Å². The van der Waals surface area contributed by atoms with E-state index >= 15 is 0 Å². The Morgan fingerprint density at radius 3 is 2.60 bits per heavy atom. The Kier molecular flexibility index (Phi) is 9.52. The molecule has 0 atom stereocenters. The minimum atomic E-state index is -0.289. The number of aromatic nitrogens is 1. The number of pyridine rings is 1. The molecule has 1 aromatic carbocycles. The van der Waals surface area contributed by atoms with E-state index in [1.54, 1.807) is 12.1 Å². The molecule has 0 bridgehead atoms. The van der Waals surface area contributed by atoms with E-state index in [4.69, 9.17) is 15.2 Å². The molecule has 5 heteroatoms. The summed E-state index contributed by atoms with van der Waals surface area (Å²) in [5.41, 5.74) is 9.42. The van der Waals surface area contributed by atoms with Gasteiger partial charge in [0.2, 0.25) is 5.75 Å². The van der Waals surface area contributed by atoms with Crippen LogP contribution in [0.25, 0.3) is 10.9 Å². The highest BCUT2D eigenvalue weighted by atomic mass is 16.5. The number of aromatic amines is 1. The molecule has 5 nitrogen and oxygen atoms in total. The molecule has 0 saturated carbocycles. The molecular weight excluding hydrogens is 376 g/mol. The molecule has 2 aromatic rings. The van der Waals surface area contributed by atoms with Crippen LogP contribution in [0.4, 0.5) is 5.69 Å². The fourth-order valence-electron chi connectivity index (χ4n) is 3.20. The fraction of sp³-hybridized carbons (Fsp3) is 0.480. The second-order valence-corrected chi connectivity index (χ2v) is 8.01. The first-order valence-electron chi connectivity index (χ1n) is 10.9. The molecule has 0 saturated heterocycles. The van der Waals surface area contributed by atoms with Crippen molar-refractivity contribution in [1.29, 1.82) is 0 Å². The predicted octanol–water partition coefficient (Wildman–Crippen LogP) is 6.14. The third-order valence-electron chi connectivity index (χ3n) is 4.94. The number of ether oxygens (including phenoxy) is 2. The normalized spacial score (nSPS) is 11.5. The number of rotatable bonds is 12. The Hall–Kier alpha value is -2.69. The monoisotopic (exact) mass is 412 g/mol. The number of H-pyrrole nitrogens is 1. The van der Waals surface area contributed by atoms with Gasteiger partial charge in [-0.15, -0.1) is 0 Å². The number of nitrogen functional groups attached to an aromatic ring is 1. The summed E-state index contributed by atoms with van der Waals surface area (Å²) in [5, 5.41) is 0.794. The van der Waals surface area contributed by atoms with E-state index in [2.05, 4.69) is 44.8 Å². The van der Waals surface area contributed by atoms with E-state index in [1.807, 2.05) is 6.07 Å². The maximum absolute atomic E-state index is 12.7. The highest BCUT2D eigenvalue weighted by Crippen LogP contribution is 2.32. The summed E-state index contributed by atoms with van der Waals surface area (Å²) in [5.74, 6) is 0.733. The summed E-state index contributed by atoms with van der Waals surface area (Å²) in [7, 11) is 0. The van der Waals surface area contributed by atoms with Crippen molar-refractivity contribution in [3.05, 3.63) is 51.9 Å². The average molecular weight is 413 g/mol. The topological polar surface area (TPSA) is 77.3 Å². The number of unbranched alkanes of at least 4 members (excludes halogenated alkanes) is 3. The van der Waals surface area contributed by atoms with E-state index in [9.17, 15) is 4.79 Å². The van der Waals surface area contributed by atoms with Gasteiger partial charge in [0.25, 0.3) is 5.56 Å². The van der Waals surface area contributed by atoms with Crippen molar-refractivity contribution in [3.63, 3.8) is 0 Å². The smallest absolute Gasteiger partial charge is 0.294 e. The van der Waals surface area contributed by atoms with Crippen LogP contribution in [-0.4, -0.2) is 18.2 Å². The quantitative estimate of drug-likeness (QED) is 0.249. The summed E-state index contributed by atoms with van der Waals surface area (Å²) in [4.78, 5) is 15.5.